The van der Waals surface area contributed by atoms with E-state index in [4.69, 9.17) is 5.14 Å². The van der Waals surface area contributed by atoms with Crippen molar-refractivity contribution in [1.29, 1.82) is 0 Å². The van der Waals surface area contributed by atoms with Crippen LogP contribution < -0.4 is 10.5 Å². The molecule has 5 nitrogen and oxygen atoms in total. The highest BCUT2D eigenvalue weighted by Gasteiger charge is 2.14. The van der Waals surface area contributed by atoms with Gasteiger partial charge in [0.2, 0.25) is 10.0 Å². The highest BCUT2D eigenvalue weighted by molar-refractivity contribution is 7.89. The number of nitrogens with one attached hydrogen (secondary N) is 1. The maximum Gasteiger partial charge on any atom is 0.251 e. The number of hydrogen-bond acceptors (Lipinski definition) is 3. The maximum absolute atomic E-state index is 11.9. The summed E-state index contributed by atoms with van der Waals surface area (Å²) in [4.78, 5) is 11.8. The van der Waals surface area contributed by atoms with Crippen molar-refractivity contribution >= 4 is 15.9 Å². The molecule has 0 saturated carbocycles. The van der Waals surface area contributed by atoms with Gasteiger partial charge in [0.15, 0.2) is 0 Å². The van der Waals surface area contributed by atoms with Gasteiger partial charge < -0.3 is 5.32 Å². The van der Waals surface area contributed by atoms with Crippen LogP contribution >= 0.6 is 0 Å². The van der Waals surface area contributed by atoms with E-state index in [1.165, 1.54) is 12.1 Å². The zero-order chi connectivity index (χ0) is 13.9. The molecule has 1 rings (SSSR count). The van der Waals surface area contributed by atoms with Gasteiger partial charge in [0, 0.05) is 11.6 Å². The first-order valence-electron chi connectivity index (χ1n) is 5.32. The highest BCUT2D eigenvalue weighted by Crippen LogP contribution is 2.13. The number of sulfonamides is 1. The molecule has 1 unspecified atom stereocenters. The SMILES string of the molecule is C=CC(C)NC(=O)c1cc(C)cc(S(N)(=O)=O)c1. The molecular weight excluding hydrogens is 252 g/mol. The minimum Gasteiger partial charge on any atom is -0.346 e. The minimum atomic E-state index is -3.82. The van der Waals surface area contributed by atoms with Gasteiger partial charge in [-0.1, -0.05) is 6.08 Å². The van der Waals surface area contributed by atoms with E-state index in [-0.39, 0.29) is 22.4 Å². The summed E-state index contributed by atoms with van der Waals surface area (Å²) >= 11 is 0. The quantitative estimate of drug-likeness (QED) is 0.797. The third-order valence-electron chi connectivity index (χ3n) is 2.35. The number of nitrogens with two attached hydrogens (primary N) is 1. The van der Waals surface area contributed by atoms with Crippen LogP contribution in [-0.4, -0.2) is 20.4 Å². The second-order valence-electron chi connectivity index (χ2n) is 4.08. The van der Waals surface area contributed by atoms with Crippen molar-refractivity contribution in [3.05, 3.63) is 42.0 Å². The van der Waals surface area contributed by atoms with Gasteiger partial charge in [0.05, 0.1) is 4.90 Å². The molecule has 1 amide bonds. The Morgan fingerprint density at radius 3 is 2.56 bits per heavy atom. The number of hydrogen-bond donors (Lipinski definition) is 2. The fraction of sp³-hybridized carbons (Fsp3) is 0.250. The van der Waals surface area contributed by atoms with E-state index >= 15 is 0 Å². The summed E-state index contributed by atoms with van der Waals surface area (Å²) in [7, 11) is -3.82. The lowest BCUT2D eigenvalue weighted by Gasteiger charge is -2.10. The number of amides is 1. The molecule has 0 fully saturated rings. The Morgan fingerprint density at radius 1 is 1.44 bits per heavy atom. The van der Waals surface area contributed by atoms with Gasteiger partial charge in [0.1, 0.15) is 0 Å². The van der Waals surface area contributed by atoms with Gasteiger partial charge in [-0.2, -0.15) is 0 Å². The first-order chi connectivity index (χ1) is 8.24. The Hall–Kier alpha value is -1.66. The summed E-state index contributed by atoms with van der Waals surface area (Å²) in [5, 5.41) is 7.71. The Kier molecular flexibility index (Phi) is 4.26. The van der Waals surface area contributed by atoms with Crippen molar-refractivity contribution < 1.29 is 13.2 Å². The van der Waals surface area contributed by atoms with E-state index in [2.05, 4.69) is 11.9 Å². The monoisotopic (exact) mass is 268 g/mol. The summed E-state index contributed by atoms with van der Waals surface area (Å²) < 4.78 is 22.5. The first kappa shape index (κ1) is 14.4. The van der Waals surface area contributed by atoms with Gasteiger partial charge in [0.25, 0.3) is 5.91 Å². The molecule has 6 heteroatoms. The van der Waals surface area contributed by atoms with Crippen molar-refractivity contribution in [3.8, 4) is 0 Å². The molecule has 1 atom stereocenters. The van der Waals surface area contributed by atoms with Crippen molar-refractivity contribution in [2.24, 2.45) is 5.14 Å². The highest BCUT2D eigenvalue weighted by atomic mass is 32.2. The van der Waals surface area contributed by atoms with Crippen LogP contribution in [0.4, 0.5) is 0 Å². The van der Waals surface area contributed by atoms with Gasteiger partial charge in [-0.25, -0.2) is 13.6 Å². The minimum absolute atomic E-state index is 0.0705. The number of aryl methyl sites for hydroxylation is 1. The largest absolute Gasteiger partial charge is 0.346 e. The normalized spacial score (nSPS) is 12.8. The molecule has 1 aromatic carbocycles. The van der Waals surface area contributed by atoms with Crippen LogP contribution in [0.5, 0.6) is 0 Å². The number of carbonyl (C=O) groups is 1. The van der Waals surface area contributed by atoms with Gasteiger partial charge in [-0.05, 0) is 37.6 Å². The van der Waals surface area contributed by atoms with E-state index in [1.807, 2.05) is 0 Å². The Balaban J connectivity index is 3.15. The maximum atomic E-state index is 11.9. The standard InChI is InChI=1S/C12H16N2O3S/c1-4-9(3)14-12(15)10-5-8(2)6-11(7-10)18(13,16)17/h4-7,9H,1H2,2-3H3,(H,14,15)(H2,13,16,17). The molecule has 3 N–H and O–H groups in total. The summed E-state index contributed by atoms with van der Waals surface area (Å²) in [5.74, 6) is -0.365. The van der Waals surface area contributed by atoms with Crippen molar-refractivity contribution in [3.63, 3.8) is 0 Å². The number of primary sulfonamides is 1. The lowest BCUT2D eigenvalue weighted by molar-refractivity contribution is 0.0946. The average molecular weight is 268 g/mol. The van der Waals surface area contributed by atoms with E-state index in [0.29, 0.717) is 5.56 Å². The van der Waals surface area contributed by atoms with E-state index in [0.717, 1.165) is 0 Å². The molecule has 0 bridgehead atoms. The molecule has 0 radical (unpaired) electrons. The number of benzene rings is 1. The van der Waals surface area contributed by atoms with Crippen LogP contribution in [0.3, 0.4) is 0 Å². The zero-order valence-corrected chi connectivity index (χ0v) is 11.1. The van der Waals surface area contributed by atoms with Gasteiger partial charge >= 0.3 is 0 Å². The molecule has 0 aliphatic heterocycles. The summed E-state index contributed by atoms with van der Waals surface area (Å²) in [6.45, 7) is 7.01. The Bertz CT molecular complexity index is 579. The number of carbonyl (C=O) groups excluding carboxylic acids is 1. The third kappa shape index (κ3) is 3.68. The first-order valence-corrected chi connectivity index (χ1v) is 6.86. The van der Waals surface area contributed by atoms with E-state index < -0.39 is 10.0 Å². The molecular formula is C12H16N2O3S. The topological polar surface area (TPSA) is 89.3 Å². The predicted octanol–water partition coefficient (Wildman–Crippen LogP) is 0.947. The van der Waals surface area contributed by atoms with E-state index in [9.17, 15) is 13.2 Å². The lowest BCUT2D eigenvalue weighted by Crippen LogP contribution is -2.31. The third-order valence-corrected chi connectivity index (χ3v) is 3.25. The van der Waals surface area contributed by atoms with Crippen LogP contribution in [0.25, 0.3) is 0 Å². The van der Waals surface area contributed by atoms with Crippen LogP contribution in [-0.2, 0) is 10.0 Å². The molecule has 0 saturated heterocycles. The lowest BCUT2D eigenvalue weighted by atomic mass is 10.1. The Labute approximate surface area is 107 Å². The molecule has 98 valence electrons. The molecule has 0 heterocycles. The van der Waals surface area contributed by atoms with Crippen molar-refractivity contribution in [2.45, 2.75) is 24.8 Å². The molecule has 0 spiro atoms. The van der Waals surface area contributed by atoms with Crippen LogP contribution in [0.15, 0.2) is 35.7 Å². The summed E-state index contributed by atoms with van der Waals surface area (Å²) in [6, 6.07) is 4.08. The smallest absolute Gasteiger partial charge is 0.251 e. The van der Waals surface area contributed by atoms with Crippen LogP contribution in [0.1, 0.15) is 22.8 Å². The molecule has 0 aromatic heterocycles. The summed E-state index contributed by atoms with van der Waals surface area (Å²) in [6.07, 6.45) is 1.58. The number of rotatable bonds is 4. The average Bonchev–Trinajstić information content (AvgIpc) is 2.26. The predicted molar refractivity (Wildman–Crippen MR) is 69.7 cm³/mol. The molecule has 18 heavy (non-hydrogen) atoms. The molecule has 0 aliphatic carbocycles. The fourth-order valence-corrected chi connectivity index (χ4v) is 2.03. The van der Waals surface area contributed by atoms with E-state index in [1.54, 1.807) is 26.0 Å². The van der Waals surface area contributed by atoms with Crippen molar-refractivity contribution in [2.75, 3.05) is 0 Å². The van der Waals surface area contributed by atoms with Crippen molar-refractivity contribution in [1.82, 2.24) is 5.32 Å². The van der Waals surface area contributed by atoms with Crippen LogP contribution in [0.2, 0.25) is 0 Å². The van der Waals surface area contributed by atoms with Gasteiger partial charge in [-0.3, -0.25) is 4.79 Å². The second kappa shape index (κ2) is 5.32. The fourth-order valence-electron chi connectivity index (χ4n) is 1.39. The summed E-state index contributed by atoms with van der Waals surface area (Å²) in [5.41, 5.74) is 0.908. The van der Waals surface area contributed by atoms with Gasteiger partial charge in [-0.15, -0.1) is 6.58 Å². The zero-order valence-electron chi connectivity index (χ0n) is 10.3. The molecule has 1 aromatic rings. The van der Waals surface area contributed by atoms with Crippen LogP contribution in [0, 0.1) is 6.92 Å². The second-order valence-corrected chi connectivity index (χ2v) is 5.64. The molecule has 0 aliphatic rings. The Morgan fingerprint density at radius 2 is 2.06 bits per heavy atom.